The lowest BCUT2D eigenvalue weighted by molar-refractivity contribution is 0.177. The highest BCUT2D eigenvalue weighted by atomic mass is 32.2. The molecule has 1 N–H and O–H groups in total. The second-order valence-corrected chi connectivity index (χ2v) is 8.97. The largest absolute Gasteiger partial charge is 0.384 e. The average Bonchev–Trinajstić information content (AvgIpc) is 3.26. The van der Waals surface area contributed by atoms with Gasteiger partial charge < -0.3 is 5.11 Å². The summed E-state index contributed by atoms with van der Waals surface area (Å²) >= 11 is 1.65. The predicted octanol–water partition coefficient (Wildman–Crippen LogP) is 0.550. The first-order valence-corrected chi connectivity index (χ1v) is 10.5. The molecule has 0 bridgehead atoms. The molecular formula is C16H23N3O3S2. The van der Waals surface area contributed by atoms with Crippen molar-refractivity contribution in [1.82, 2.24) is 13.5 Å². The number of hydrogen-bond acceptors (Lipinski definition) is 5. The normalized spacial score (nSPS) is 20.9. The Morgan fingerprint density at radius 2 is 1.75 bits per heavy atom. The minimum atomic E-state index is -3.26. The van der Waals surface area contributed by atoms with Crippen molar-refractivity contribution in [3.8, 4) is 11.8 Å². The van der Waals surface area contributed by atoms with Gasteiger partial charge in [-0.3, -0.25) is 4.90 Å². The van der Waals surface area contributed by atoms with Crippen LogP contribution in [0.2, 0.25) is 0 Å². The fourth-order valence-corrected chi connectivity index (χ4v) is 5.62. The standard InChI is InChI=1S/C16H23N3O3S2/c20-11-3-4-15-12-16(23-14-15)13-17-7-9-19(10-8-17)24(21,22)18-5-1-2-6-18/h12,14,20H,1-2,5-11,13H2. The second kappa shape index (κ2) is 7.95. The monoisotopic (exact) mass is 369 g/mol. The zero-order valence-electron chi connectivity index (χ0n) is 13.6. The molecule has 1 aromatic rings. The first kappa shape index (κ1) is 17.9. The summed E-state index contributed by atoms with van der Waals surface area (Å²) in [4.78, 5) is 3.50. The lowest BCUT2D eigenvalue weighted by Crippen LogP contribution is -2.52. The SMILES string of the molecule is O=S(=O)(N1CCCC1)N1CCN(Cc2cc(C#CCO)cs2)CC1. The van der Waals surface area contributed by atoms with Gasteiger partial charge in [0.2, 0.25) is 0 Å². The number of hydrogen-bond donors (Lipinski definition) is 1. The molecule has 132 valence electrons. The Kier molecular flexibility index (Phi) is 5.92. The molecule has 2 aliphatic rings. The first-order valence-electron chi connectivity index (χ1n) is 8.24. The van der Waals surface area contributed by atoms with Crippen LogP contribution in [-0.2, 0) is 16.8 Å². The zero-order chi connectivity index (χ0) is 17.0. The average molecular weight is 370 g/mol. The molecule has 24 heavy (non-hydrogen) atoms. The molecule has 3 heterocycles. The quantitative estimate of drug-likeness (QED) is 0.788. The Hall–Kier alpha value is -0.950. The summed E-state index contributed by atoms with van der Waals surface area (Å²) in [6, 6.07) is 2.04. The molecule has 2 fully saturated rings. The van der Waals surface area contributed by atoms with E-state index in [0.29, 0.717) is 26.2 Å². The molecule has 0 aliphatic carbocycles. The van der Waals surface area contributed by atoms with Gasteiger partial charge in [-0.05, 0) is 18.9 Å². The van der Waals surface area contributed by atoms with E-state index in [1.54, 1.807) is 19.9 Å². The second-order valence-electron chi connectivity index (χ2n) is 6.05. The Bertz CT molecular complexity index is 706. The summed E-state index contributed by atoms with van der Waals surface area (Å²) in [5, 5.41) is 10.7. The van der Waals surface area contributed by atoms with Crippen LogP contribution in [0.4, 0.5) is 0 Å². The van der Waals surface area contributed by atoms with Gasteiger partial charge in [0.15, 0.2) is 0 Å². The summed E-state index contributed by atoms with van der Waals surface area (Å²) in [6.07, 6.45) is 1.94. The van der Waals surface area contributed by atoms with E-state index in [-0.39, 0.29) is 6.61 Å². The molecule has 0 unspecified atom stereocenters. The third-order valence-corrected chi connectivity index (χ3v) is 7.35. The van der Waals surface area contributed by atoms with Crippen molar-refractivity contribution in [2.45, 2.75) is 19.4 Å². The van der Waals surface area contributed by atoms with Crippen molar-refractivity contribution in [2.75, 3.05) is 45.9 Å². The molecule has 8 heteroatoms. The predicted molar refractivity (Wildman–Crippen MR) is 94.9 cm³/mol. The van der Waals surface area contributed by atoms with Crippen LogP contribution in [0.25, 0.3) is 0 Å². The van der Waals surface area contributed by atoms with Crippen molar-refractivity contribution in [2.24, 2.45) is 0 Å². The van der Waals surface area contributed by atoms with Gasteiger partial charge >= 0.3 is 0 Å². The van der Waals surface area contributed by atoms with Crippen LogP contribution in [-0.4, -0.2) is 72.9 Å². The van der Waals surface area contributed by atoms with Crippen molar-refractivity contribution in [1.29, 1.82) is 0 Å². The lowest BCUT2D eigenvalue weighted by Gasteiger charge is -2.35. The highest BCUT2D eigenvalue weighted by Crippen LogP contribution is 2.20. The summed E-state index contributed by atoms with van der Waals surface area (Å²) in [7, 11) is -3.26. The highest BCUT2D eigenvalue weighted by Gasteiger charge is 2.33. The van der Waals surface area contributed by atoms with Crippen molar-refractivity contribution < 1.29 is 13.5 Å². The van der Waals surface area contributed by atoms with Crippen LogP contribution in [0.15, 0.2) is 11.4 Å². The Balaban J connectivity index is 1.52. The van der Waals surface area contributed by atoms with E-state index in [0.717, 1.165) is 38.0 Å². The maximum absolute atomic E-state index is 12.6. The van der Waals surface area contributed by atoms with Gasteiger partial charge in [0.25, 0.3) is 10.2 Å². The highest BCUT2D eigenvalue weighted by molar-refractivity contribution is 7.86. The first-order chi connectivity index (χ1) is 11.6. The van der Waals surface area contributed by atoms with Crippen molar-refractivity contribution in [3.05, 3.63) is 21.9 Å². The minimum Gasteiger partial charge on any atom is -0.384 e. The topological polar surface area (TPSA) is 64.1 Å². The lowest BCUT2D eigenvalue weighted by atomic mass is 10.3. The molecule has 0 amide bonds. The van der Waals surface area contributed by atoms with Crippen molar-refractivity contribution >= 4 is 21.5 Å². The van der Waals surface area contributed by atoms with E-state index < -0.39 is 10.2 Å². The van der Waals surface area contributed by atoms with E-state index in [4.69, 9.17) is 5.11 Å². The molecule has 2 saturated heterocycles. The number of rotatable bonds is 4. The molecule has 1 aromatic heterocycles. The van der Waals surface area contributed by atoms with Crippen LogP contribution in [0.1, 0.15) is 23.3 Å². The summed E-state index contributed by atoms with van der Waals surface area (Å²) in [6.45, 7) is 4.64. The maximum atomic E-state index is 12.6. The number of piperazine rings is 1. The Labute approximate surface area is 147 Å². The number of aliphatic hydroxyl groups is 1. The molecule has 0 radical (unpaired) electrons. The van der Waals surface area contributed by atoms with Gasteiger partial charge in [0.05, 0.1) is 0 Å². The summed E-state index contributed by atoms with van der Waals surface area (Å²) in [5.41, 5.74) is 0.930. The van der Waals surface area contributed by atoms with E-state index in [9.17, 15) is 8.42 Å². The molecule has 0 atom stereocenters. The maximum Gasteiger partial charge on any atom is 0.282 e. The fraction of sp³-hybridized carbons (Fsp3) is 0.625. The number of nitrogens with zero attached hydrogens (tertiary/aromatic N) is 3. The van der Waals surface area contributed by atoms with Gasteiger partial charge in [0, 0.05) is 61.6 Å². The third kappa shape index (κ3) is 4.17. The molecule has 0 aromatic carbocycles. The Morgan fingerprint density at radius 3 is 2.42 bits per heavy atom. The molecule has 0 saturated carbocycles. The van der Waals surface area contributed by atoms with E-state index in [1.807, 2.05) is 11.4 Å². The smallest absolute Gasteiger partial charge is 0.282 e. The van der Waals surface area contributed by atoms with Gasteiger partial charge in [-0.15, -0.1) is 11.3 Å². The van der Waals surface area contributed by atoms with Crippen molar-refractivity contribution in [3.63, 3.8) is 0 Å². The van der Waals surface area contributed by atoms with Crippen LogP contribution >= 0.6 is 11.3 Å². The molecule has 3 rings (SSSR count). The fourth-order valence-electron chi connectivity index (χ4n) is 3.09. The molecule has 6 nitrogen and oxygen atoms in total. The van der Waals surface area contributed by atoms with Gasteiger partial charge in [-0.25, -0.2) is 0 Å². The van der Waals surface area contributed by atoms with Crippen LogP contribution in [0.5, 0.6) is 0 Å². The Morgan fingerprint density at radius 1 is 1.08 bits per heavy atom. The van der Waals surface area contributed by atoms with E-state index in [1.165, 1.54) is 4.88 Å². The number of thiophene rings is 1. The molecule has 2 aliphatic heterocycles. The third-order valence-electron chi connectivity index (χ3n) is 4.39. The molecular weight excluding hydrogens is 346 g/mol. The zero-order valence-corrected chi connectivity index (χ0v) is 15.3. The molecule has 0 spiro atoms. The van der Waals surface area contributed by atoms with Crippen LogP contribution in [0, 0.1) is 11.8 Å². The van der Waals surface area contributed by atoms with Crippen LogP contribution < -0.4 is 0 Å². The van der Waals surface area contributed by atoms with Gasteiger partial charge in [-0.1, -0.05) is 11.8 Å². The van der Waals surface area contributed by atoms with E-state index >= 15 is 0 Å². The summed E-state index contributed by atoms with van der Waals surface area (Å²) in [5.74, 6) is 5.56. The van der Waals surface area contributed by atoms with Crippen LogP contribution in [0.3, 0.4) is 0 Å². The van der Waals surface area contributed by atoms with Gasteiger partial charge in [-0.2, -0.15) is 17.0 Å². The van der Waals surface area contributed by atoms with Gasteiger partial charge in [0.1, 0.15) is 6.61 Å². The minimum absolute atomic E-state index is 0.126. The summed E-state index contributed by atoms with van der Waals surface area (Å²) < 4.78 is 28.4. The van der Waals surface area contributed by atoms with E-state index in [2.05, 4.69) is 16.7 Å². The number of aliphatic hydroxyl groups excluding tert-OH is 1.